The van der Waals surface area contributed by atoms with Crippen molar-refractivity contribution in [2.24, 2.45) is 0 Å². The summed E-state index contributed by atoms with van der Waals surface area (Å²) in [7, 11) is 0. The van der Waals surface area contributed by atoms with E-state index in [1.807, 2.05) is 13.0 Å². The van der Waals surface area contributed by atoms with Crippen molar-refractivity contribution in [3.8, 4) is 0 Å². The molecule has 1 unspecified atom stereocenters. The number of allylic oxidation sites excluding steroid dienone is 1. The van der Waals surface area contributed by atoms with Gasteiger partial charge >= 0.3 is 6.09 Å². The summed E-state index contributed by atoms with van der Waals surface area (Å²) in [6.07, 6.45) is 3.32. The van der Waals surface area contributed by atoms with Crippen LogP contribution in [-0.2, 0) is 0 Å². The van der Waals surface area contributed by atoms with Crippen molar-refractivity contribution in [3.05, 3.63) is 12.2 Å². The molecule has 0 saturated carbocycles. The Labute approximate surface area is 84.8 Å². The SMILES string of the molecule is CC=CCN1CCN(C(=O)O)CC1C. The van der Waals surface area contributed by atoms with Crippen molar-refractivity contribution in [3.63, 3.8) is 0 Å². The molecule has 14 heavy (non-hydrogen) atoms. The van der Waals surface area contributed by atoms with Crippen molar-refractivity contribution in [1.29, 1.82) is 0 Å². The molecule has 0 bridgehead atoms. The van der Waals surface area contributed by atoms with Gasteiger partial charge in [-0.05, 0) is 13.8 Å². The van der Waals surface area contributed by atoms with Crippen LogP contribution in [0.4, 0.5) is 4.79 Å². The maximum atomic E-state index is 10.7. The van der Waals surface area contributed by atoms with Gasteiger partial charge in [-0.15, -0.1) is 0 Å². The first-order chi connectivity index (χ1) is 6.65. The smallest absolute Gasteiger partial charge is 0.407 e. The van der Waals surface area contributed by atoms with Crippen LogP contribution in [0.3, 0.4) is 0 Å². The lowest BCUT2D eigenvalue weighted by atomic mass is 10.2. The molecule has 1 atom stereocenters. The Hall–Kier alpha value is -1.03. The minimum atomic E-state index is -0.803. The molecule has 0 aromatic rings. The molecule has 1 fully saturated rings. The van der Waals surface area contributed by atoms with Crippen LogP contribution in [0, 0.1) is 0 Å². The first kappa shape index (κ1) is 11.0. The molecule has 4 nitrogen and oxygen atoms in total. The van der Waals surface area contributed by atoms with Crippen LogP contribution in [0.25, 0.3) is 0 Å². The van der Waals surface area contributed by atoms with Gasteiger partial charge in [-0.3, -0.25) is 4.90 Å². The second kappa shape index (κ2) is 5.00. The number of amides is 1. The lowest BCUT2D eigenvalue weighted by Crippen LogP contribution is -2.53. The van der Waals surface area contributed by atoms with Gasteiger partial charge in [0.1, 0.15) is 0 Å². The molecule has 1 amide bonds. The molecule has 0 radical (unpaired) electrons. The average Bonchev–Trinajstić information content (AvgIpc) is 2.15. The van der Waals surface area contributed by atoms with Crippen LogP contribution >= 0.6 is 0 Å². The van der Waals surface area contributed by atoms with Crippen molar-refractivity contribution < 1.29 is 9.90 Å². The Morgan fingerprint density at radius 3 is 2.79 bits per heavy atom. The molecule has 4 heteroatoms. The summed E-state index contributed by atoms with van der Waals surface area (Å²) in [5.41, 5.74) is 0. The molecule has 0 aliphatic carbocycles. The van der Waals surface area contributed by atoms with Crippen molar-refractivity contribution in [1.82, 2.24) is 9.80 Å². The summed E-state index contributed by atoms with van der Waals surface area (Å²) in [4.78, 5) is 14.5. The van der Waals surface area contributed by atoms with E-state index in [0.717, 1.165) is 13.1 Å². The van der Waals surface area contributed by atoms with E-state index in [0.29, 0.717) is 19.1 Å². The average molecular weight is 198 g/mol. The first-order valence-corrected chi connectivity index (χ1v) is 4.98. The second-order valence-corrected chi connectivity index (χ2v) is 3.64. The summed E-state index contributed by atoms with van der Waals surface area (Å²) in [5, 5.41) is 8.81. The van der Waals surface area contributed by atoms with Gasteiger partial charge in [0, 0.05) is 32.2 Å². The molecule has 1 aliphatic rings. The van der Waals surface area contributed by atoms with Crippen molar-refractivity contribution >= 4 is 6.09 Å². The van der Waals surface area contributed by atoms with Crippen LogP contribution in [0.1, 0.15) is 13.8 Å². The molecule has 0 spiro atoms. The number of carbonyl (C=O) groups is 1. The van der Waals surface area contributed by atoms with Gasteiger partial charge in [0.2, 0.25) is 0 Å². The highest BCUT2D eigenvalue weighted by Crippen LogP contribution is 2.09. The number of carboxylic acid groups (broad SMARTS) is 1. The van der Waals surface area contributed by atoms with E-state index in [1.165, 1.54) is 4.90 Å². The van der Waals surface area contributed by atoms with Gasteiger partial charge in [0.05, 0.1) is 0 Å². The van der Waals surface area contributed by atoms with Gasteiger partial charge in [0.15, 0.2) is 0 Å². The monoisotopic (exact) mass is 198 g/mol. The summed E-state index contributed by atoms with van der Waals surface area (Å²) >= 11 is 0. The largest absolute Gasteiger partial charge is 0.465 e. The molecule has 1 N–H and O–H groups in total. The van der Waals surface area contributed by atoms with E-state index in [-0.39, 0.29) is 0 Å². The summed E-state index contributed by atoms with van der Waals surface area (Å²) < 4.78 is 0. The minimum absolute atomic E-state index is 0.316. The van der Waals surface area contributed by atoms with Crippen molar-refractivity contribution in [2.75, 3.05) is 26.2 Å². The Balaban J connectivity index is 2.43. The van der Waals surface area contributed by atoms with E-state index in [2.05, 4.69) is 17.9 Å². The van der Waals surface area contributed by atoms with E-state index < -0.39 is 6.09 Å². The number of piperazine rings is 1. The first-order valence-electron chi connectivity index (χ1n) is 4.98. The normalized spacial score (nSPS) is 24.4. The molecule has 1 rings (SSSR count). The quantitative estimate of drug-likeness (QED) is 0.679. The fourth-order valence-corrected chi connectivity index (χ4v) is 1.68. The Bertz CT molecular complexity index is 228. The number of nitrogens with zero attached hydrogens (tertiary/aromatic N) is 2. The zero-order valence-electron chi connectivity index (χ0n) is 8.81. The van der Waals surface area contributed by atoms with E-state index >= 15 is 0 Å². The third-order valence-electron chi connectivity index (χ3n) is 2.61. The lowest BCUT2D eigenvalue weighted by Gasteiger charge is -2.37. The van der Waals surface area contributed by atoms with E-state index in [1.54, 1.807) is 0 Å². The number of hydrogen-bond donors (Lipinski definition) is 1. The third kappa shape index (κ3) is 2.73. The number of rotatable bonds is 2. The highest BCUT2D eigenvalue weighted by atomic mass is 16.4. The molecule has 1 aliphatic heterocycles. The lowest BCUT2D eigenvalue weighted by molar-refractivity contribution is 0.0818. The molecule has 0 aromatic heterocycles. The highest BCUT2D eigenvalue weighted by molar-refractivity contribution is 5.65. The van der Waals surface area contributed by atoms with Crippen LogP contribution in [-0.4, -0.2) is 53.2 Å². The Morgan fingerprint density at radius 1 is 1.57 bits per heavy atom. The predicted octanol–water partition coefficient (Wildman–Crippen LogP) is 1.25. The molecular formula is C10H18N2O2. The van der Waals surface area contributed by atoms with E-state index in [4.69, 9.17) is 5.11 Å². The maximum absolute atomic E-state index is 10.7. The molecule has 80 valence electrons. The van der Waals surface area contributed by atoms with Crippen LogP contribution in [0.2, 0.25) is 0 Å². The molecular weight excluding hydrogens is 180 g/mol. The van der Waals surface area contributed by atoms with E-state index in [9.17, 15) is 4.79 Å². The summed E-state index contributed by atoms with van der Waals surface area (Å²) in [5.74, 6) is 0. The third-order valence-corrected chi connectivity index (χ3v) is 2.61. The summed E-state index contributed by atoms with van der Waals surface area (Å²) in [6.45, 7) is 7.06. The van der Waals surface area contributed by atoms with Crippen molar-refractivity contribution in [2.45, 2.75) is 19.9 Å². The van der Waals surface area contributed by atoms with Gasteiger partial charge in [-0.1, -0.05) is 12.2 Å². The van der Waals surface area contributed by atoms with Gasteiger partial charge in [-0.2, -0.15) is 0 Å². The molecule has 1 saturated heterocycles. The fourth-order valence-electron chi connectivity index (χ4n) is 1.68. The van der Waals surface area contributed by atoms with Crippen LogP contribution in [0.15, 0.2) is 12.2 Å². The van der Waals surface area contributed by atoms with Gasteiger partial charge in [0.25, 0.3) is 0 Å². The zero-order valence-corrected chi connectivity index (χ0v) is 8.81. The standard InChI is InChI=1S/C10H18N2O2/c1-3-4-5-11-6-7-12(10(13)14)8-9(11)2/h3-4,9H,5-8H2,1-2H3,(H,13,14). The van der Waals surface area contributed by atoms with Crippen LogP contribution < -0.4 is 0 Å². The highest BCUT2D eigenvalue weighted by Gasteiger charge is 2.25. The fraction of sp³-hybridized carbons (Fsp3) is 0.700. The molecule has 0 aromatic carbocycles. The molecule has 1 heterocycles. The minimum Gasteiger partial charge on any atom is -0.465 e. The second-order valence-electron chi connectivity index (χ2n) is 3.64. The Morgan fingerprint density at radius 2 is 2.29 bits per heavy atom. The Kier molecular flexibility index (Phi) is 3.95. The zero-order chi connectivity index (χ0) is 10.6. The van der Waals surface area contributed by atoms with Gasteiger partial charge in [-0.25, -0.2) is 4.79 Å². The van der Waals surface area contributed by atoms with Crippen LogP contribution in [0.5, 0.6) is 0 Å². The number of hydrogen-bond acceptors (Lipinski definition) is 2. The maximum Gasteiger partial charge on any atom is 0.407 e. The summed E-state index contributed by atoms with van der Waals surface area (Å²) in [6, 6.07) is 0.316. The topological polar surface area (TPSA) is 43.8 Å². The predicted molar refractivity (Wildman–Crippen MR) is 55.4 cm³/mol. The van der Waals surface area contributed by atoms with Gasteiger partial charge < -0.3 is 10.0 Å².